The zero-order chi connectivity index (χ0) is 22.7. The number of fused-ring (bicyclic) bond motifs is 5. The third-order valence-corrected chi connectivity index (χ3v) is 10.5. The summed E-state index contributed by atoms with van der Waals surface area (Å²) in [4.78, 5) is 35.5. The van der Waals surface area contributed by atoms with Gasteiger partial charge >= 0.3 is 11.9 Å². The Balaban J connectivity index is 1.62. The molecule has 0 radical (unpaired) electrons. The van der Waals surface area contributed by atoms with E-state index in [4.69, 9.17) is 4.74 Å². The molecule has 4 rings (SSSR count). The lowest BCUT2D eigenvalue weighted by Crippen LogP contribution is -2.60. The molecule has 0 spiro atoms. The molecule has 172 valence electrons. The average molecular weight is 497 g/mol. The van der Waals surface area contributed by atoms with Gasteiger partial charge in [0.05, 0.1) is 12.0 Å². The number of rotatable bonds is 4. The average Bonchev–Trinajstić information content (AvgIpc) is 3.03. The molecule has 0 heterocycles. The van der Waals surface area contributed by atoms with E-state index in [0.29, 0.717) is 12.8 Å². The maximum absolute atomic E-state index is 12.8. The summed E-state index contributed by atoms with van der Waals surface area (Å²) in [5, 5.41) is 20.9. The van der Waals surface area contributed by atoms with Crippen LogP contribution in [0.2, 0.25) is 0 Å². The Bertz CT molecular complexity index is 810. The highest BCUT2D eigenvalue weighted by molar-refractivity contribution is 9.09. The van der Waals surface area contributed by atoms with Crippen LogP contribution in [0.1, 0.15) is 52.9 Å². The number of esters is 1. The Morgan fingerprint density at radius 1 is 1.19 bits per heavy atom. The van der Waals surface area contributed by atoms with Crippen molar-refractivity contribution in [2.45, 2.75) is 63.8 Å². The Kier molecular flexibility index (Phi) is 5.91. The Hall–Kier alpha value is -1.21. The van der Waals surface area contributed by atoms with Gasteiger partial charge in [-0.2, -0.15) is 0 Å². The number of Topliss-reactive ketones (excluding diaryl/α,β-unsaturated/α-hetero) is 1. The molecule has 0 aromatic carbocycles. The molecule has 3 saturated carbocycles. The number of hydrogen-bond acceptors (Lipinski definition) is 5. The van der Waals surface area contributed by atoms with Gasteiger partial charge < -0.3 is 14.9 Å². The van der Waals surface area contributed by atoms with Crippen LogP contribution in [0.3, 0.4) is 0 Å². The van der Waals surface area contributed by atoms with Crippen molar-refractivity contribution < 1.29 is 29.3 Å². The number of carbonyl (C=O) groups is 3. The van der Waals surface area contributed by atoms with Crippen LogP contribution in [0.5, 0.6) is 0 Å². The van der Waals surface area contributed by atoms with Crippen LogP contribution in [-0.2, 0) is 19.1 Å². The highest BCUT2D eigenvalue weighted by Crippen LogP contribution is 2.66. The normalized spacial score (nSPS) is 48.3. The van der Waals surface area contributed by atoms with Crippen molar-refractivity contribution >= 4 is 33.7 Å². The topological polar surface area (TPSA) is 101 Å². The number of aliphatic hydroxyl groups is 1. The van der Waals surface area contributed by atoms with Gasteiger partial charge in [0.25, 0.3) is 0 Å². The van der Waals surface area contributed by atoms with E-state index in [9.17, 15) is 24.6 Å². The molecule has 0 bridgehead atoms. The van der Waals surface area contributed by atoms with Crippen LogP contribution in [0, 0.1) is 46.3 Å². The molecule has 4 aliphatic carbocycles. The molecule has 0 aliphatic heterocycles. The summed E-state index contributed by atoms with van der Waals surface area (Å²) >= 11 is 3.66. The third kappa shape index (κ3) is 3.50. The lowest BCUT2D eigenvalue weighted by Gasteiger charge is -2.61. The minimum Gasteiger partial charge on any atom is -0.481 e. The molecular weight excluding hydrogens is 464 g/mol. The molecule has 0 aromatic rings. The number of halogens is 1. The van der Waals surface area contributed by atoms with Gasteiger partial charge in [0.15, 0.2) is 5.78 Å². The fourth-order valence-corrected chi connectivity index (χ4v) is 9.23. The number of aliphatic carboxylic acids is 1. The number of aliphatic hydroxyl groups excluding tert-OH is 1. The van der Waals surface area contributed by atoms with Gasteiger partial charge in [0.1, 0.15) is 6.61 Å². The smallest absolute Gasteiger partial charge is 0.307 e. The molecule has 6 nitrogen and oxygen atoms in total. The van der Waals surface area contributed by atoms with Gasteiger partial charge in [-0.25, -0.2) is 0 Å². The number of ketones is 1. The van der Waals surface area contributed by atoms with Gasteiger partial charge in [-0.3, -0.25) is 14.4 Å². The predicted molar refractivity (Wildman–Crippen MR) is 117 cm³/mol. The maximum Gasteiger partial charge on any atom is 0.307 e. The monoisotopic (exact) mass is 496 g/mol. The summed E-state index contributed by atoms with van der Waals surface area (Å²) in [6, 6.07) is 0. The fourth-order valence-electron chi connectivity index (χ4n) is 7.78. The van der Waals surface area contributed by atoms with E-state index in [1.165, 1.54) is 6.92 Å². The number of hydrogen-bond donors (Lipinski definition) is 2. The molecule has 0 saturated heterocycles. The van der Waals surface area contributed by atoms with Gasteiger partial charge in [0.2, 0.25) is 0 Å². The van der Waals surface area contributed by atoms with Crippen molar-refractivity contribution in [3.63, 3.8) is 0 Å². The van der Waals surface area contributed by atoms with Crippen LogP contribution in [0.25, 0.3) is 0 Å². The first-order valence-corrected chi connectivity index (χ1v) is 12.3. The first kappa shape index (κ1) is 23.0. The van der Waals surface area contributed by atoms with Gasteiger partial charge in [-0.15, -0.1) is 0 Å². The van der Waals surface area contributed by atoms with Crippen molar-refractivity contribution in [1.29, 1.82) is 0 Å². The van der Waals surface area contributed by atoms with Crippen LogP contribution in [-0.4, -0.2) is 45.5 Å². The molecule has 3 fully saturated rings. The highest BCUT2D eigenvalue weighted by atomic mass is 79.9. The zero-order valence-electron chi connectivity index (χ0n) is 18.4. The van der Waals surface area contributed by atoms with E-state index in [-0.39, 0.29) is 57.6 Å². The van der Waals surface area contributed by atoms with Crippen molar-refractivity contribution in [1.82, 2.24) is 0 Å². The second-order valence-corrected chi connectivity index (χ2v) is 11.7. The summed E-state index contributed by atoms with van der Waals surface area (Å²) in [5.41, 5.74) is -0.479. The number of allylic oxidation sites excluding steroid dienone is 2. The van der Waals surface area contributed by atoms with E-state index < -0.39 is 24.0 Å². The summed E-state index contributed by atoms with van der Waals surface area (Å²) in [7, 11) is 0. The molecule has 4 aliphatic rings. The first-order chi connectivity index (χ1) is 14.5. The van der Waals surface area contributed by atoms with Crippen molar-refractivity contribution in [2.75, 3.05) is 6.61 Å². The van der Waals surface area contributed by atoms with Crippen LogP contribution >= 0.6 is 15.9 Å². The molecule has 0 amide bonds. The quantitative estimate of drug-likeness (QED) is 0.350. The largest absolute Gasteiger partial charge is 0.481 e. The predicted octanol–water partition coefficient (Wildman–Crippen LogP) is 3.60. The van der Waals surface area contributed by atoms with E-state index in [2.05, 4.69) is 41.9 Å². The molecular formula is C24H33BrO6. The SMILES string of the molecule is CC(=O)OCC(=O)[C@H]1CCC2C3C[C@@H](O)C4[C@H](Br)[C@@H](C(=O)O)CC[C@]4(C)C3C=C[C@@]21C. The number of carboxylic acid groups (broad SMARTS) is 1. The summed E-state index contributed by atoms with van der Waals surface area (Å²) in [6.45, 7) is 5.50. The van der Waals surface area contributed by atoms with Crippen LogP contribution in [0.4, 0.5) is 0 Å². The minimum atomic E-state index is -0.796. The zero-order valence-corrected chi connectivity index (χ0v) is 20.0. The summed E-state index contributed by atoms with van der Waals surface area (Å²) in [6.07, 6.45) is 7.62. The number of carboxylic acids is 1. The summed E-state index contributed by atoms with van der Waals surface area (Å²) in [5.74, 6) is -1.22. The summed E-state index contributed by atoms with van der Waals surface area (Å²) < 4.78 is 4.99. The van der Waals surface area contributed by atoms with E-state index in [0.717, 1.165) is 19.3 Å². The molecule has 10 atom stereocenters. The molecule has 4 unspecified atom stereocenters. The Morgan fingerprint density at radius 2 is 1.90 bits per heavy atom. The Labute approximate surface area is 191 Å². The van der Waals surface area contributed by atoms with Gasteiger partial charge in [-0.1, -0.05) is 41.9 Å². The molecule has 0 aromatic heterocycles. The Morgan fingerprint density at radius 3 is 2.55 bits per heavy atom. The lowest BCUT2D eigenvalue weighted by molar-refractivity contribution is -0.154. The number of ether oxygens (including phenoxy) is 1. The molecule has 7 heteroatoms. The third-order valence-electron chi connectivity index (χ3n) is 9.25. The van der Waals surface area contributed by atoms with Crippen molar-refractivity contribution in [3.8, 4) is 0 Å². The second-order valence-electron chi connectivity index (χ2n) is 10.7. The van der Waals surface area contributed by atoms with Crippen LogP contribution < -0.4 is 0 Å². The van der Waals surface area contributed by atoms with Gasteiger partial charge in [0, 0.05) is 23.6 Å². The van der Waals surface area contributed by atoms with Gasteiger partial charge in [-0.05, 0) is 60.7 Å². The maximum atomic E-state index is 12.8. The molecule has 31 heavy (non-hydrogen) atoms. The molecule has 2 N–H and O–H groups in total. The van der Waals surface area contributed by atoms with Crippen molar-refractivity contribution in [3.05, 3.63) is 12.2 Å². The number of alkyl halides is 1. The van der Waals surface area contributed by atoms with E-state index in [1.54, 1.807) is 0 Å². The lowest BCUT2D eigenvalue weighted by atomic mass is 9.45. The highest BCUT2D eigenvalue weighted by Gasteiger charge is 2.63. The van der Waals surface area contributed by atoms with Crippen LogP contribution in [0.15, 0.2) is 12.2 Å². The van der Waals surface area contributed by atoms with Crippen molar-refractivity contribution in [2.24, 2.45) is 46.3 Å². The first-order valence-electron chi connectivity index (χ1n) is 11.4. The second kappa shape index (κ2) is 7.98. The fraction of sp³-hybridized carbons (Fsp3) is 0.792. The standard InChI is InChI=1S/C24H33BrO6/c1-12(26)31-11-19(28)17-5-4-15-14-10-18(27)20-21(25)13(22(29)30)6-8-24(20,3)16(14)7-9-23(15,17)2/h7,9,13-18,20-21,27H,4-6,8,10-11H2,1-3H3,(H,29,30)/t13-,14?,15?,16?,17+,18+,20?,21+,23-,24+/m0/s1. The minimum absolute atomic E-state index is 0.0220. The van der Waals surface area contributed by atoms with E-state index >= 15 is 0 Å². The van der Waals surface area contributed by atoms with E-state index in [1.807, 2.05) is 0 Å². The number of carbonyl (C=O) groups excluding carboxylic acids is 2.